The van der Waals surface area contributed by atoms with E-state index in [2.05, 4.69) is 0 Å². The molecule has 2 aliphatic rings. The topological polar surface area (TPSA) is 66.8 Å². The summed E-state index contributed by atoms with van der Waals surface area (Å²) < 4.78 is 5.78. The molecule has 1 aromatic carbocycles. The van der Waals surface area contributed by atoms with E-state index < -0.39 is 17.5 Å². The zero-order chi connectivity index (χ0) is 15.0. The molecule has 2 atom stereocenters. The van der Waals surface area contributed by atoms with Gasteiger partial charge < -0.3 is 14.7 Å². The maximum Gasteiger partial charge on any atom is 0.311 e. The summed E-state index contributed by atoms with van der Waals surface area (Å²) in [5, 5.41) is 9.24. The summed E-state index contributed by atoms with van der Waals surface area (Å²) in [6, 6.07) is 7.64. The number of carboxylic acid groups (broad SMARTS) is 1. The second-order valence-corrected chi connectivity index (χ2v) is 6.80. The fourth-order valence-electron chi connectivity index (χ4n) is 2.67. The third kappa shape index (κ3) is 2.60. The number of carbonyl (C=O) groups excluding carboxylic acids is 1. The first-order valence-corrected chi connectivity index (χ1v) is 7.89. The highest BCUT2D eigenvalue weighted by Gasteiger charge is 2.44. The number of para-hydroxylation sites is 1. The Morgan fingerprint density at radius 3 is 2.90 bits per heavy atom. The lowest BCUT2D eigenvalue weighted by molar-refractivity contribution is -0.147. The molecular formula is C15H17NO4S. The average Bonchev–Trinajstić information content (AvgIpc) is 2.90. The molecule has 0 radical (unpaired) electrons. The molecule has 3 rings (SSSR count). The van der Waals surface area contributed by atoms with Crippen molar-refractivity contribution >= 4 is 23.6 Å². The first-order valence-electron chi connectivity index (χ1n) is 6.90. The summed E-state index contributed by atoms with van der Waals surface area (Å²) in [4.78, 5) is 26.4. The van der Waals surface area contributed by atoms with Crippen LogP contribution in [0.4, 0.5) is 0 Å². The van der Waals surface area contributed by atoms with E-state index in [1.54, 1.807) is 23.6 Å². The number of ether oxygens (including phenoxy) is 1. The van der Waals surface area contributed by atoms with Gasteiger partial charge in [0, 0.05) is 23.7 Å². The minimum absolute atomic E-state index is 0.109. The Balaban J connectivity index is 1.69. The van der Waals surface area contributed by atoms with Crippen LogP contribution in [0, 0.1) is 5.41 Å². The van der Waals surface area contributed by atoms with E-state index in [4.69, 9.17) is 4.74 Å². The van der Waals surface area contributed by atoms with Crippen molar-refractivity contribution in [2.24, 2.45) is 5.41 Å². The minimum atomic E-state index is -0.845. The molecule has 2 aliphatic heterocycles. The van der Waals surface area contributed by atoms with E-state index in [0.29, 0.717) is 18.7 Å². The maximum absolute atomic E-state index is 12.5. The molecule has 21 heavy (non-hydrogen) atoms. The molecule has 1 saturated heterocycles. The third-order valence-corrected chi connectivity index (χ3v) is 5.20. The Kier molecular flexibility index (Phi) is 3.57. The molecule has 1 fully saturated rings. The predicted octanol–water partition coefficient (Wildman–Crippen LogP) is 1.86. The van der Waals surface area contributed by atoms with Crippen LogP contribution in [-0.4, -0.2) is 46.8 Å². The molecule has 1 aromatic rings. The van der Waals surface area contributed by atoms with Gasteiger partial charge in [-0.2, -0.15) is 0 Å². The molecule has 1 amide bonds. The highest BCUT2D eigenvalue weighted by molar-refractivity contribution is 7.99. The van der Waals surface area contributed by atoms with Crippen molar-refractivity contribution < 1.29 is 19.4 Å². The van der Waals surface area contributed by atoms with E-state index >= 15 is 0 Å². The van der Waals surface area contributed by atoms with E-state index in [1.165, 1.54) is 0 Å². The third-order valence-electron chi connectivity index (χ3n) is 4.09. The van der Waals surface area contributed by atoms with Gasteiger partial charge in [-0.3, -0.25) is 9.59 Å². The van der Waals surface area contributed by atoms with Crippen LogP contribution in [0.5, 0.6) is 5.75 Å². The zero-order valence-corrected chi connectivity index (χ0v) is 12.6. The number of likely N-dealkylation sites (tertiary alicyclic amines) is 1. The Labute approximate surface area is 127 Å². The van der Waals surface area contributed by atoms with Crippen molar-refractivity contribution in [2.75, 3.05) is 18.8 Å². The molecule has 0 bridgehead atoms. The number of rotatable bonds is 2. The van der Waals surface area contributed by atoms with E-state index in [9.17, 15) is 14.7 Å². The Hall–Kier alpha value is -1.69. The Morgan fingerprint density at radius 1 is 1.43 bits per heavy atom. The number of amides is 1. The van der Waals surface area contributed by atoms with Crippen LogP contribution in [-0.2, 0) is 9.59 Å². The minimum Gasteiger partial charge on any atom is -0.481 e. The quantitative estimate of drug-likeness (QED) is 0.903. The van der Waals surface area contributed by atoms with E-state index in [0.717, 1.165) is 10.6 Å². The molecule has 5 nitrogen and oxygen atoms in total. The van der Waals surface area contributed by atoms with Gasteiger partial charge in [-0.25, -0.2) is 0 Å². The SMILES string of the molecule is C[C@]1(C(=O)O)CCN(C(=O)[C@@H]2CSc3ccccc3O2)C1. The molecule has 6 heteroatoms. The molecular weight excluding hydrogens is 290 g/mol. The fraction of sp³-hybridized carbons (Fsp3) is 0.467. The van der Waals surface area contributed by atoms with Gasteiger partial charge >= 0.3 is 5.97 Å². The maximum atomic E-state index is 12.5. The Morgan fingerprint density at radius 2 is 2.19 bits per heavy atom. The smallest absolute Gasteiger partial charge is 0.311 e. The number of hydrogen-bond donors (Lipinski definition) is 1. The van der Waals surface area contributed by atoms with Gasteiger partial charge in [0.15, 0.2) is 6.10 Å². The summed E-state index contributed by atoms with van der Waals surface area (Å²) >= 11 is 1.60. The molecule has 0 aromatic heterocycles. The molecule has 0 spiro atoms. The van der Waals surface area contributed by atoms with Crippen molar-refractivity contribution in [2.45, 2.75) is 24.3 Å². The van der Waals surface area contributed by atoms with Crippen LogP contribution < -0.4 is 4.74 Å². The molecule has 0 aliphatic carbocycles. The number of hydrogen-bond acceptors (Lipinski definition) is 4. The van der Waals surface area contributed by atoms with Crippen molar-refractivity contribution in [3.63, 3.8) is 0 Å². The monoisotopic (exact) mass is 307 g/mol. The first-order chi connectivity index (χ1) is 9.99. The average molecular weight is 307 g/mol. The van der Waals surface area contributed by atoms with Crippen molar-refractivity contribution in [1.29, 1.82) is 0 Å². The fourth-order valence-corrected chi connectivity index (χ4v) is 3.64. The van der Waals surface area contributed by atoms with E-state index in [1.807, 2.05) is 24.3 Å². The summed E-state index contributed by atoms with van der Waals surface area (Å²) in [6.07, 6.45) is -0.0362. The second-order valence-electron chi connectivity index (χ2n) is 5.74. The summed E-state index contributed by atoms with van der Waals surface area (Å²) in [5.41, 5.74) is -0.838. The summed E-state index contributed by atoms with van der Waals surface area (Å²) in [6.45, 7) is 2.43. The molecule has 1 N–H and O–H groups in total. The standard InChI is InChI=1S/C15H17NO4S/c1-15(14(18)19)6-7-16(9-15)13(17)11-8-21-12-5-3-2-4-10(12)20-11/h2-5,11H,6-9H2,1H3,(H,18,19)/t11-,15-/m0/s1. The number of nitrogens with zero attached hydrogens (tertiary/aromatic N) is 1. The van der Waals surface area contributed by atoms with E-state index in [-0.39, 0.29) is 12.5 Å². The lowest BCUT2D eigenvalue weighted by Crippen LogP contribution is -2.44. The number of carbonyl (C=O) groups is 2. The van der Waals surface area contributed by atoms with Gasteiger partial charge in [-0.1, -0.05) is 12.1 Å². The van der Waals surface area contributed by atoms with Crippen molar-refractivity contribution in [1.82, 2.24) is 4.90 Å². The second kappa shape index (κ2) is 5.26. The zero-order valence-electron chi connectivity index (χ0n) is 11.7. The van der Waals surface area contributed by atoms with Crippen LogP contribution in [0.3, 0.4) is 0 Å². The van der Waals surface area contributed by atoms with Gasteiger partial charge in [0.25, 0.3) is 5.91 Å². The Bertz CT molecular complexity index is 591. The van der Waals surface area contributed by atoms with Gasteiger partial charge in [0.2, 0.25) is 0 Å². The highest BCUT2D eigenvalue weighted by Crippen LogP contribution is 2.36. The van der Waals surface area contributed by atoms with Crippen molar-refractivity contribution in [3.05, 3.63) is 24.3 Å². The summed E-state index contributed by atoms with van der Waals surface area (Å²) in [7, 11) is 0. The first kappa shape index (κ1) is 14.3. The lowest BCUT2D eigenvalue weighted by atomic mass is 9.90. The molecule has 112 valence electrons. The number of aliphatic carboxylic acids is 1. The molecule has 2 heterocycles. The number of carboxylic acids is 1. The van der Waals surface area contributed by atoms with Crippen molar-refractivity contribution in [3.8, 4) is 5.75 Å². The van der Waals surface area contributed by atoms with Crippen LogP contribution >= 0.6 is 11.8 Å². The lowest BCUT2D eigenvalue weighted by Gasteiger charge is -2.28. The molecule has 0 unspecified atom stereocenters. The largest absolute Gasteiger partial charge is 0.481 e. The number of fused-ring (bicyclic) bond motifs is 1. The van der Waals surface area contributed by atoms with Gasteiger partial charge in [-0.15, -0.1) is 11.8 Å². The highest BCUT2D eigenvalue weighted by atomic mass is 32.2. The molecule has 0 saturated carbocycles. The van der Waals surface area contributed by atoms with Crippen LogP contribution in [0.15, 0.2) is 29.2 Å². The normalized spacial score (nSPS) is 27.9. The van der Waals surface area contributed by atoms with Gasteiger partial charge in [0.05, 0.1) is 5.41 Å². The number of thioether (sulfide) groups is 1. The van der Waals surface area contributed by atoms with Crippen LogP contribution in [0.1, 0.15) is 13.3 Å². The van der Waals surface area contributed by atoms with Crippen LogP contribution in [0.2, 0.25) is 0 Å². The predicted molar refractivity (Wildman–Crippen MR) is 78.5 cm³/mol. The number of benzene rings is 1. The summed E-state index contributed by atoms with van der Waals surface area (Å²) in [5.74, 6) is 0.340. The van der Waals surface area contributed by atoms with Crippen LogP contribution in [0.25, 0.3) is 0 Å². The van der Waals surface area contributed by atoms with Gasteiger partial charge in [0.1, 0.15) is 5.75 Å². The van der Waals surface area contributed by atoms with Gasteiger partial charge in [-0.05, 0) is 25.5 Å².